The van der Waals surface area contributed by atoms with Crippen LogP contribution in [0.15, 0.2) is 71.6 Å². The number of anilines is 1. The Morgan fingerprint density at radius 3 is 2.34 bits per heavy atom. The lowest BCUT2D eigenvalue weighted by Gasteiger charge is -2.22. The number of benzene rings is 3. The molecule has 0 bridgehead atoms. The van der Waals surface area contributed by atoms with Crippen LogP contribution in [0.25, 0.3) is 0 Å². The van der Waals surface area contributed by atoms with E-state index in [4.69, 9.17) is 23.2 Å². The minimum absolute atomic E-state index is 0.00454. The lowest BCUT2D eigenvalue weighted by atomic mass is 10.1. The van der Waals surface area contributed by atoms with Crippen molar-refractivity contribution < 1.29 is 22.0 Å². The fraction of sp³-hybridized carbons (Fsp3) is 0.136. The van der Waals surface area contributed by atoms with E-state index >= 15 is 0 Å². The molecule has 0 aliphatic carbocycles. The molecule has 0 saturated heterocycles. The van der Waals surface area contributed by atoms with E-state index in [1.807, 2.05) is 30.3 Å². The van der Waals surface area contributed by atoms with Crippen molar-refractivity contribution >= 4 is 44.8 Å². The molecule has 3 aromatic carbocycles. The molecular weight excluding hydrogens is 481 g/mol. The number of halogens is 4. The van der Waals surface area contributed by atoms with E-state index in [0.717, 1.165) is 22.0 Å². The SMILES string of the molecule is O=C(CN(CCc1ccccc1)S(=O)(=O)c1cc(Cl)ccc1Cl)Nc1ccc(F)c(F)c1. The fourth-order valence-corrected chi connectivity index (χ4v) is 5.07. The number of sulfonamides is 1. The van der Waals surface area contributed by atoms with E-state index in [-0.39, 0.29) is 27.2 Å². The summed E-state index contributed by atoms with van der Waals surface area (Å²) in [5.41, 5.74) is 0.862. The van der Waals surface area contributed by atoms with Crippen molar-refractivity contribution in [1.29, 1.82) is 0 Å². The molecule has 0 aliphatic rings. The van der Waals surface area contributed by atoms with Gasteiger partial charge in [0.25, 0.3) is 0 Å². The van der Waals surface area contributed by atoms with Gasteiger partial charge in [0.15, 0.2) is 11.6 Å². The van der Waals surface area contributed by atoms with Gasteiger partial charge in [0.05, 0.1) is 11.6 Å². The second-order valence-corrected chi connectivity index (χ2v) is 9.58. The summed E-state index contributed by atoms with van der Waals surface area (Å²) in [4.78, 5) is 12.3. The zero-order chi connectivity index (χ0) is 23.3. The molecule has 3 rings (SSSR count). The average Bonchev–Trinajstić information content (AvgIpc) is 2.76. The molecule has 32 heavy (non-hydrogen) atoms. The van der Waals surface area contributed by atoms with Crippen molar-refractivity contribution in [1.82, 2.24) is 4.31 Å². The van der Waals surface area contributed by atoms with Crippen LogP contribution in [0.4, 0.5) is 14.5 Å². The Balaban J connectivity index is 1.86. The summed E-state index contributed by atoms with van der Waals surface area (Å²) < 4.78 is 54.1. The molecule has 1 N–H and O–H groups in total. The summed E-state index contributed by atoms with van der Waals surface area (Å²) >= 11 is 12.1. The molecule has 0 saturated carbocycles. The normalized spacial score (nSPS) is 11.5. The predicted molar refractivity (Wildman–Crippen MR) is 120 cm³/mol. The number of amides is 1. The van der Waals surface area contributed by atoms with Gasteiger partial charge in [-0.25, -0.2) is 17.2 Å². The minimum atomic E-state index is -4.20. The first kappa shape index (κ1) is 24.1. The van der Waals surface area contributed by atoms with E-state index in [1.165, 1.54) is 24.3 Å². The van der Waals surface area contributed by atoms with Crippen molar-refractivity contribution in [2.75, 3.05) is 18.4 Å². The average molecular weight is 499 g/mol. The Labute approximate surface area is 194 Å². The monoisotopic (exact) mass is 498 g/mol. The van der Waals surface area contributed by atoms with Crippen LogP contribution in [-0.2, 0) is 21.2 Å². The van der Waals surface area contributed by atoms with Gasteiger partial charge in [-0.1, -0.05) is 53.5 Å². The second kappa shape index (κ2) is 10.4. The van der Waals surface area contributed by atoms with Gasteiger partial charge >= 0.3 is 0 Å². The summed E-state index contributed by atoms with van der Waals surface area (Å²) in [6, 6.07) is 16.0. The van der Waals surface area contributed by atoms with Crippen LogP contribution in [-0.4, -0.2) is 31.7 Å². The fourth-order valence-electron chi connectivity index (χ4n) is 2.93. The summed E-state index contributed by atoms with van der Waals surface area (Å²) in [7, 11) is -4.20. The maximum atomic E-state index is 13.4. The molecular formula is C22H18Cl2F2N2O3S. The number of hydrogen-bond acceptors (Lipinski definition) is 3. The molecule has 0 spiro atoms. The molecule has 0 fully saturated rings. The number of nitrogens with one attached hydrogen (secondary N) is 1. The van der Waals surface area contributed by atoms with Gasteiger partial charge in [0.1, 0.15) is 4.90 Å². The first-order valence-corrected chi connectivity index (χ1v) is 11.6. The lowest BCUT2D eigenvalue weighted by molar-refractivity contribution is -0.116. The Bertz CT molecular complexity index is 1230. The molecule has 0 aromatic heterocycles. The predicted octanol–water partition coefficient (Wildman–Crippen LogP) is 5.14. The van der Waals surface area contributed by atoms with Crippen LogP contribution in [0.3, 0.4) is 0 Å². The van der Waals surface area contributed by atoms with Crippen molar-refractivity contribution in [2.45, 2.75) is 11.3 Å². The van der Waals surface area contributed by atoms with E-state index in [0.29, 0.717) is 6.42 Å². The third-order valence-corrected chi connectivity index (χ3v) is 7.09. The highest BCUT2D eigenvalue weighted by molar-refractivity contribution is 7.89. The first-order valence-electron chi connectivity index (χ1n) is 9.41. The number of hydrogen-bond donors (Lipinski definition) is 1. The zero-order valence-corrected chi connectivity index (χ0v) is 18.9. The maximum absolute atomic E-state index is 13.4. The van der Waals surface area contributed by atoms with Crippen LogP contribution >= 0.6 is 23.2 Å². The standard InChI is InChI=1S/C22H18Cl2F2N2O3S/c23-16-6-8-18(24)21(12-16)32(30,31)28(11-10-15-4-2-1-3-5-15)14-22(29)27-17-7-9-19(25)20(26)13-17/h1-9,12-13H,10-11,14H2,(H,27,29). The second-order valence-electron chi connectivity index (χ2n) is 6.83. The first-order chi connectivity index (χ1) is 15.2. The Morgan fingerprint density at radius 2 is 1.66 bits per heavy atom. The van der Waals surface area contributed by atoms with Gasteiger partial charge in [-0.15, -0.1) is 0 Å². The maximum Gasteiger partial charge on any atom is 0.245 e. The quantitative estimate of drug-likeness (QED) is 0.467. The van der Waals surface area contributed by atoms with Crippen LogP contribution in [0.2, 0.25) is 10.0 Å². The Kier molecular flexibility index (Phi) is 7.84. The van der Waals surface area contributed by atoms with Gasteiger partial charge in [0.2, 0.25) is 15.9 Å². The molecule has 168 valence electrons. The van der Waals surface area contributed by atoms with E-state index in [2.05, 4.69) is 5.32 Å². The van der Waals surface area contributed by atoms with Crippen molar-refractivity contribution in [2.24, 2.45) is 0 Å². The van der Waals surface area contributed by atoms with Gasteiger partial charge in [-0.2, -0.15) is 4.31 Å². The van der Waals surface area contributed by atoms with Crippen molar-refractivity contribution in [3.63, 3.8) is 0 Å². The van der Waals surface area contributed by atoms with Gasteiger partial charge in [0, 0.05) is 23.3 Å². The molecule has 10 heteroatoms. The molecule has 3 aromatic rings. The van der Waals surface area contributed by atoms with Crippen molar-refractivity contribution in [3.05, 3.63) is 94.0 Å². The van der Waals surface area contributed by atoms with Crippen LogP contribution < -0.4 is 5.32 Å². The number of nitrogens with zero attached hydrogens (tertiary/aromatic N) is 1. The zero-order valence-electron chi connectivity index (χ0n) is 16.6. The third-order valence-electron chi connectivity index (χ3n) is 4.53. The van der Waals surface area contributed by atoms with Crippen LogP contribution in [0.5, 0.6) is 0 Å². The molecule has 0 unspecified atom stereocenters. The van der Waals surface area contributed by atoms with E-state index in [1.54, 1.807) is 0 Å². The van der Waals surface area contributed by atoms with E-state index in [9.17, 15) is 22.0 Å². The molecule has 5 nitrogen and oxygen atoms in total. The van der Waals surface area contributed by atoms with Gasteiger partial charge < -0.3 is 5.32 Å². The van der Waals surface area contributed by atoms with Crippen LogP contribution in [0.1, 0.15) is 5.56 Å². The Hall–Kier alpha value is -2.52. The molecule has 1 amide bonds. The van der Waals surface area contributed by atoms with Crippen molar-refractivity contribution in [3.8, 4) is 0 Å². The molecule has 0 heterocycles. The number of carbonyl (C=O) groups is 1. The van der Waals surface area contributed by atoms with Crippen LogP contribution in [0, 0.1) is 11.6 Å². The van der Waals surface area contributed by atoms with Gasteiger partial charge in [-0.3, -0.25) is 4.79 Å². The highest BCUT2D eigenvalue weighted by atomic mass is 35.5. The van der Waals surface area contributed by atoms with E-state index < -0.39 is 34.1 Å². The lowest BCUT2D eigenvalue weighted by Crippen LogP contribution is -2.39. The summed E-state index contributed by atoms with van der Waals surface area (Å²) in [6.45, 7) is -0.600. The number of carbonyl (C=O) groups excluding carboxylic acids is 1. The molecule has 0 atom stereocenters. The molecule has 0 aliphatic heterocycles. The Morgan fingerprint density at radius 1 is 0.938 bits per heavy atom. The number of rotatable bonds is 8. The molecule has 0 radical (unpaired) electrons. The highest BCUT2D eigenvalue weighted by Gasteiger charge is 2.29. The minimum Gasteiger partial charge on any atom is -0.325 e. The highest BCUT2D eigenvalue weighted by Crippen LogP contribution is 2.28. The third kappa shape index (κ3) is 6.04. The summed E-state index contributed by atoms with van der Waals surface area (Å²) in [5, 5.41) is 2.50. The largest absolute Gasteiger partial charge is 0.325 e. The smallest absolute Gasteiger partial charge is 0.245 e. The summed E-state index contributed by atoms with van der Waals surface area (Å²) in [5.74, 6) is -2.93. The van der Waals surface area contributed by atoms with Gasteiger partial charge in [-0.05, 0) is 42.3 Å². The topological polar surface area (TPSA) is 66.5 Å². The summed E-state index contributed by atoms with van der Waals surface area (Å²) in [6.07, 6.45) is 0.330.